The van der Waals surface area contributed by atoms with Gasteiger partial charge in [-0.25, -0.2) is 0 Å². The maximum absolute atomic E-state index is 11.6. The molecule has 1 aromatic rings. The van der Waals surface area contributed by atoms with Crippen LogP contribution in [0, 0.1) is 6.92 Å². The molecule has 5 nitrogen and oxygen atoms in total. The number of hydrogen-bond acceptors (Lipinski definition) is 4. The van der Waals surface area contributed by atoms with Gasteiger partial charge in [-0.2, -0.15) is 0 Å². The molecule has 2 N–H and O–H groups in total. The monoisotopic (exact) mass is 235 g/mol. The number of nitrogens with zero attached hydrogens (tertiary/aromatic N) is 1. The zero-order valence-electron chi connectivity index (χ0n) is 9.95. The smallest absolute Gasteiger partial charge is 0.273 e. The maximum atomic E-state index is 11.6. The highest BCUT2D eigenvalue weighted by atomic mass is 16.5. The van der Waals surface area contributed by atoms with E-state index in [1.54, 1.807) is 13.0 Å². The third-order valence-corrected chi connectivity index (χ3v) is 2.75. The molecule has 92 valence electrons. The van der Waals surface area contributed by atoms with E-state index in [0.717, 1.165) is 25.9 Å². The van der Waals surface area contributed by atoms with Crippen molar-refractivity contribution in [3.63, 3.8) is 0 Å². The van der Waals surface area contributed by atoms with E-state index < -0.39 is 0 Å². The highest BCUT2D eigenvalue weighted by Crippen LogP contribution is 2.08. The van der Waals surface area contributed by atoms with Gasteiger partial charge in [0.1, 0.15) is 5.76 Å². The van der Waals surface area contributed by atoms with Crippen molar-refractivity contribution in [2.45, 2.75) is 19.8 Å². The predicted octanol–water partition coefficient (Wildman–Crippen LogP) is 1.02. The van der Waals surface area contributed by atoms with E-state index in [1.807, 2.05) is 0 Å². The molecule has 0 bridgehead atoms. The molecule has 0 aromatic carbocycles. The molecule has 5 heteroatoms. The molecule has 1 amide bonds. The third-order valence-electron chi connectivity index (χ3n) is 2.75. The van der Waals surface area contributed by atoms with Crippen LogP contribution in [0.2, 0.25) is 0 Å². The first kappa shape index (κ1) is 11.9. The summed E-state index contributed by atoms with van der Waals surface area (Å²) in [6.07, 6.45) is 4.17. The van der Waals surface area contributed by atoms with Gasteiger partial charge in [0.15, 0.2) is 5.69 Å². The number of nitrogens with one attached hydrogen (secondary N) is 2. The van der Waals surface area contributed by atoms with Crippen LogP contribution in [0.1, 0.15) is 29.1 Å². The molecule has 0 fully saturated rings. The molecule has 0 atom stereocenters. The average molecular weight is 235 g/mol. The molecule has 1 aliphatic rings. The van der Waals surface area contributed by atoms with Gasteiger partial charge in [-0.15, -0.1) is 0 Å². The van der Waals surface area contributed by atoms with Gasteiger partial charge >= 0.3 is 0 Å². The number of aryl methyl sites for hydroxylation is 1. The summed E-state index contributed by atoms with van der Waals surface area (Å²) in [4.78, 5) is 11.6. The van der Waals surface area contributed by atoms with Crippen molar-refractivity contribution >= 4 is 5.91 Å². The predicted molar refractivity (Wildman–Crippen MR) is 63.8 cm³/mol. The molecule has 1 aliphatic heterocycles. The van der Waals surface area contributed by atoms with E-state index >= 15 is 0 Å². The lowest BCUT2D eigenvalue weighted by molar-refractivity contribution is 0.0945. The van der Waals surface area contributed by atoms with Gasteiger partial charge in [0.25, 0.3) is 5.91 Å². The van der Waals surface area contributed by atoms with Gasteiger partial charge in [-0.1, -0.05) is 16.8 Å². The van der Waals surface area contributed by atoms with Crippen LogP contribution >= 0.6 is 0 Å². The first-order valence-electron chi connectivity index (χ1n) is 5.86. The number of aromatic nitrogens is 1. The summed E-state index contributed by atoms with van der Waals surface area (Å²) in [5.41, 5.74) is 1.75. The van der Waals surface area contributed by atoms with Crippen LogP contribution < -0.4 is 10.6 Å². The van der Waals surface area contributed by atoms with E-state index in [0.29, 0.717) is 18.0 Å². The van der Waals surface area contributed by atoms with E-state index in [-0.39, 0.29) is 5.91 Å². The van der Waals surface area contributed by atoms with Crippen LogP contribution in [-0.4, -0.2) is 30.7 Å². The summed E-state index contributed by atoms with van der Waals surface area (Å²) in [7, 11) is 0. The molecule has 0 unspecified atom stereocenters. The second kappa shape index (κ2) is 5.63. The average Bonchev–Trinajstić information content (AvgIpc) is 2.77. The number of hydrogen-bond donors (Lipinski definition) is 2. The molecular weight excluding hydrogens is 218 g/mol. The SMILES string of the molecule is Cc1cc(C(=O)NCCC2=CCNCC2)no1. The van der Waals surface area contributed by atoms with Crippen molar-refractivity contribution in [2.24, 2.45) is 0 Å². The molecule has 0 radical (unpaired) electrons. The van der Waals surface area contributed by atoms with Crippen molar-refractivity contribution in [1.29, 1.82) is 0 Å². The summed E-state index contributed by atoms with van der Waals surface area (Å²) in [5.74, 6) is 0.479. The van der Waals surface area contributed by atoms with Crippen LogP contribution in [-0.2, 0) is 0 Å². The minimum absolute atomic E-state index is 0.170. The van der Waals surface area contributed by atoms with Crippen molar-refractivity contribution < 1.29 is 9.32 Å². The Morgan fingerprint density at radius 2 is 2.53 bits per heavy atom. The number of carbonyl (C=O) groups excluding carboxylic acids is 1. The van der Waals surface area contributed by atoms with E-state index in [4.69, 9.17) is 4.52 Å². The fourth-order valence-corrected chi connectivity index (χ4v) is 1.80. The molecule has 17 heavy (non-hydrogen) atoms. The van der Waals surface area contributed by atoms with Gasteiger partial charge in [0.05, 0.1) is 0 Å². The third kappa shape index (κ3) is 3.42. The summed E-state index contributed by atoms with van der Waals surface area (Å²) >= 11 is 0. The molecule has 0 spiro atoms. The highest BCUT2D eigenvalue weighted by molar-refractivity contribution is 5.92. The topological polar surface area (TPSA) is 67.2 Å². The molecule has 2 heterocycles. The number of rotatable bonds is 4. The van der Waals surface area contributed by atoms with Crippen LogP contribution in [0.5, 0.6) is 0 Å². The normalized spacial score (nSPS) is 15.5. The molecule has 2 rings (SSSR count). The number of carbonyl (C=O) groups is 1. The Morgan fingerprint density at radius 3 is 3.18 bits per heavy atom. The Bertz CT molecular complexity index is 423. The van der Waals surface area contributed by atoms with E-state index in [1.165, 1.54) is 5.57 Å². The van der Waals surface area contributed by atoms with Crippen molar-refractivity contribution in [3.05, 3.63) is 29.2 Å². The second-order valence-electron chi connectivity index (χ2n) is 4.15. The van der Waals surface area contributed by atoms with E-state index in [9.17, 15) is 4.79 Å². The van der Waals surface area contributed by atoms with Crippen molar-refractivity contribution in [2.75, 3.05) is 19.6 Å². The zero-order valence-corrected chi connectivity index (χ0v) is 9.95. The lowest BCUT2D eigenvalue weighted by atomic mass is 10.1. The Balaban J connectivity index is 1.75. The maximum Gasteiger partial charge on any atom is 0.273 e. The molecule has 0 aliphatic carbocycles. The Hall–Kier alpha value is -1.62. The Kier molecular flexibility index (Phi) is 3.93. The van der Waals surface area contributed by atoms with Crippen LogP contribution in [0.4, 0.5) is 0 Å². The van der Waals surface area contributed by atoms with E-state index in [2.05, 4.69) is 21.9 Å². The quantitative estimate of drug-likeness (QED) is 0.765. The largest absolute Gasteiger partial charge is 0.361 e. The van der Waals surface area contributed by atoms with Crippen molar-refractivity contribution in [1.82, 2.24) is 15.8 Å². The van der Waals surface area contributed by atoms with Crippen LogP contribution in [0.3, 0.4) is 0 Å². The molecule has 0 saturated heterocycles. The minimum Gasteiger partial charge on any atom is -0.361 e. The van der Waals surface area contributed by atoms with Gasteiger partial charge in [0.2, 0.25) is 0 Å². The zero-order chi connectivity index (χ0) is 12.1. The molecular formula is C12H17N3O2. The second-order valence-corrected chi connectivity index (χ2v) is 4.15. The summed E-state index contributed by atoms with van der Waals surface area (Å²) in [6, 6.07) is 1.64. The lowest BCUT2D eigenvalue weighted by Crippen LogP contribution is -2.26. The lowest BCUT2D eigenvalue weighted by Gasteiger charge is -2.13. The van der Waals surface area contributed by atoms with Gasteiger partial charge in [-0.05, 0) is 26.3 Å². The van der Waals surface area contributed by atoms with Crippen molar-refractivity contribution in [3.8, 4) is 0 Å². The van der Waals surface area contributed by atoms with Gasteiger partial charge in [-0.3, -0.25) is 4.79 Å². The molecule has 1 aromatic heterocycles. The number of amides is 1. The Labute approximate surface area is 100 Å². The summed E-state index contributed by atoms with van der Waals surface area (Å²) < 4.78 is 4.85. The van der Waals surface area contributed by atoms with Gasteiger partial charge in [0, 0.05) is 19.2 Å². The summed E-state index contributed by atoms with van der Waals surface area (Å²) in [5, 5.41) is 9.76. The highest BCUT2D eigenvalue weighted by Gasteiger charge is 2.10. The first-order chi connectivity index (χ1) is 8.25. The van der Waals surface area contributed by atoms with Crippen LogP contribution in [0.25, 0.3) is 0 Å². The molecule has 0 saturated carbocycles. The standard InChI is InChI=1S/C12H17N3O2/c1-9-8-11(15-17-9)12(16)14-7-4-10-2-5-13-6-3-10/h2,8,13H,3-7H2,1H3,(H,14,16). The first-order valence-corrected chi connectivity index (χ1v) is 5.86. The Morgan fingerprint density at radius 1 is 1.65 bits per heavy atom. The minimum atomic E-state index is -0.170. The van der Waals surface area contributed by atoms with Crippen LogP contribution in [0.15, 0.2) is 22.2 Å². The fourth-order valence-electron chi connectivity index (χ4n) is 1.80. The fraction of sp³-hybridized carbons (Fsp3) is 0.500. The van der Waals surface area contributed by atoms with Gasteiger partial charge < -0.3 is 15.2 Å². The summed E-state index contributed by atoms with van der Waals surface area (Å²) in [6.45, 7) is 4.38.